The van der Waals surface area contributed by atoms with E-state index in [1.807, 2.05) is 6.92 Å². The van der Waals surface area contributed by atoms with Crippen molar-refractivity contribution in [3.05, 3.63) is 69.8 Å². The molecule has 1 saturated carbocycles. The fourth-order valence-corrected chi connectivity index (χ4v) is 4.92. The van der Waals surface area contributed by atoms with Gasteiger partial charge in [0.15, 0.2) is 0 Å². The molecule has 2 atom stereocenters. The van der Waals surface area contributed by atoms with E-state index in [1.54, 1.807) is 6.08 Å². The van der Waals surface area contributed by atoms with E-state index in [-0.39, 0.29) is 22.2 Å². The first-order chi connectivity index (χ1) is 12.2. The van der Waals surface area contributed by atoms with Crippen molar-refractivity contribution in [2.24, 2.45) is 0 Å². The van der Waals surface area contributed by atoms with Crippen LogP contribution in [0.5, 0.6) is 0 Å². The maximum atomic E-state index is 14.8. The number of carboxylic acids is 1. The molecule has 2 aromatic rings. The van der Waals surface area contributed by atoms with Crippen molar-refractivity contribution in [3.63, 3.8) is 0 Å². The molecule has 26 heavy (non-hydrogen) atoms. The van der Waals surface area contributed by atoms with Gasteiger partial charge in [0, 0.05) is 5.56 Å². The number of benzene rings is 2. The van der Waals surface area contributed by atoms with Gasteiger partial charge in [0.1, 0.15) is 5.83 Å². The molecular formula is C23H23FO2. The van der Waals surface area contributed by atoms with Crippen molar-refractivity contribution in [2.75, 3.05) is 0 Å². The largest absolute Gasteiger partial charge is 0.478 e. The fraction of sp³-hybridized carbons (Fsp3) is 0.348. The van der Waals surface area contributed by atoms with Crippen molar-refractivity contribution in [3.8, 4) is 0 Å². The Hall–Kier alpha value is -2.42. The van der Waals surface area contributed by atoms with Gasteiger partial charge >= 0.3 is 5.97 Å². The maximum Gasteiger partial charge on any atom is 0.335 e. The van der Waals surface area contributed by atoms with Crippen LogP contribution in [-0.4, -0.2) is 11.1 Å². The minimum Gasteiger partial charge on any atom is -0.478 e. The number of aromatic carboxylic acids is 1. The number of carboxylic acid groups (broad SMARTS) is 1. The molecule has 2 nitrogen and oxygen atoms in total. The van der Waals surface area contributed by atoms with Crippen molar-refractivity contribution >= 4 is 17.9 Å². The zero-order chi connectivity index (χ0) is 18.7. The molecule has 134 valence electrons. The normalized spacial score (nSPS) is 26.8. The highest BCUT2D eigenvalue weighted by molar-refractivity contribution is 5.88. The maximum absolute atomic E-state index is 14.8. The van der Waals surface area contributed by atoms with Gasteiger partial charge in [-0.25, -0.2) is 9.18 Å². The summed E-state index contributed by atoms with van der Waals surface area (Å²) in [5.41, 5.74) is 5.83. The second-order valence-corrected chi connectivity index (χ2v) is 8.43. The Bertz CT molecular complexity index is 941. The molecule has 2 aromatic carbocycles. The first kappa shape index (κ1) is 17.0. The van der Waals surface area contributed by atoms with Gasteiger partial charge in [0.2, 0.25) is 0 Å². The van der Waals surface area contributed by atoms with E-state index in [4.69, 9.17) is 5.11 Å². The van der Waals surface area contributed by atoms with Crippen LogP contribution < -0.4 is 0 Å². The van der Waals surface area contributed by atoms with Crippen LogP contribution in [0.3, 0.4) is 0 Å². The van der Waals surface area contributed by atoms with Crippen LogP contribution in [0.25, 0.3) is 11.9 Å². The Labute approximate surface area is 153 Å². The van der Waals surface area contributed by atoms with E-state index in [0.717, 1.165) is 11.1 Å². The summed E-state index contributed by atoms with van der Waals surface area (Å²) in [6, 6.07) is 10.3. The molecule has 2 aliphatic carbocycles. The Kier molecular flexibility index (Phi) is 3.62. The first-order valence-electron chi connectivity index (χ1n) is 9.08. The summed E-state index contributed by atoms with van der Waals surface area (Å²) in [6.07, 6.45) is 5.18. The summed E-state index contributed by atoms with van der Waals surface area (Å²) in [4.78, 5) is 10.9. The van der Waals surface area contributed by atoms with E-state index in [2.05, 4.69) is 26.0 Å². The number of hydrogen-bond acceptors (Lipinski definition) is 1. The van der Waals surface area contributed by atoms with Crippen LogP contribution in [0.15, 0.2) is 36.4 Å². The van der Waals surface area contributed by atoms with Crippen molar-refractivity contribution in [1.29, 1.82) is 0 Å². The second kappa shape index (κ2) is 5.54. The summed E-state index contributed by atoms with van der Waals surface area (Å²) in [5.74, 6) is -1.35. The van der Waals surface area contributed by atoms with Gasteiger partial charge in [-0.15, -0.1) is 0 Å². The minimum atomic E-state index is -1.01. The lowest BCUT2D eigenvalue weighted by molar-refractivity contribution is 0.0697. The van der Waals surface area contributed by atoms with Crippen LogP contribution >= 0.6 is 0 Å². The molecule has 1 fully saturated rings. The molecule has 2 bridgehead atoms. The van der Waals surface area contributed by atoms with Crippen molar-refractivity contribution in [1.82, 2.24) is 0 Å². The van der Waals surface area contributed by atoms with Gasteiger partial charge in [0.25, 0.3) is 0 Å². The van der Waals surface area contributed by atoms with Crippen LogP contribution in [0.4, 0.5) is 4.39 Å². The van der Waals surface area contributed by atoms with Crippen LogP contribution in [0.1, 0.15) is 71.3 Å². The van der Waals surface area contributed by atoms with Gasteiger partial charge in [-0.2, -0.15) is 0 Å². The molecule has 0 heterocycles. The van der Waals surface area contributed by atoms with E-state index < -0.39 is 5.97 Å². The van der Waals surface area contributed by atoms with Gasteiger partial charge in [-0.3, -0.25) is 0 Å². The summed E-state index contributed by atoms with van der Waals surface area (Å²) in [7, 11) is 0. The smallest absolute Gasteiger partial charge is 0.335 e. The van der Waals surface area contributed by atoms with Crippen LogP contribution in [-0.2, 0) is 10.8 Å². The Morgan fingerprint density at radius 2 is 1.58 bits per heavy atom. The third-order valence-corrected chi connectivity index (χ3v) is 6.41. The van der Waals surface area contributed by atoms with E-state index in [1.165, 1.54) is 54.7 Å². The molecule has 2 aliphatic rings. The second-order valence-electron chi connectivity index (χ2n) is 8.43. The lowest BCUT2D eigenvalue weighted by atomic mass is 9.76. The lowest BCUT2D eigenvalue weighted by Crippen LogP contribution is -2.18. The van der Waals surface area contributed by atoms with E-state index in [0.29, 0.717) is 5.56 Å². The highest BCUT2D eigenvalue weighted by atomic mass is 19.1. The quantitative estimate of drug-likeness (QED) is 0.703. The zero-order valence-electron chi connectivity index (χ0n) is 15.4. The topological polar surface area (TPSA) is 37.3 Å². The number of rotatable bonds is 3. The molecule has 0 amide bonds. The monoisotopic (exact) mass is 350 g/mol. The third-order valence-electron chi connectivity index (χ3n) is 6.41. The first-order valence-corrected chi connectivity index (χ1v) is 9.08. The molecule has 0 aromatic heterocycles. The van der Waals surface area contributed by atoms with Gasteiger partial charge in [-0.1, -0.05) is 38.1 Å². The average Bonchev–Trinajstić information content (AvgIpc) is 3.03. The third kappa shape index (κ3) is 2.49. The molecule has 0 aliphatic heterocycles. The number of halogens is 1. The number of aryl methyl sites for hydroxylation is 1. The number of fused-ring (bicyclic) bond motifs is 5. The van der Waals surface area contributed by atoms with Crippen molar-refractivity contribution in [2.45, 2.75) is 50.9 Å². The average molecular weight is 350 g/mol. The molecule has 0 radical (unpaired) electrons. The summed E-state index contributed by atoms with van der Waals surface area (Å²) < 4.78 is 14.8. The standard InChI is InChI=1S/C23H23FO2/c1-14-10-18-19(23(3)9-8-22(18,2)13-23)11-17(14)12-20(24)15-4-6-16(7-5-15)21(25)26/h4-7,10-12H,8-9,13H2,1-3H3,(H,25,26)/b20-12+. The Morgan fingerprint density at radius 1 is 1.04 bits per heavy atom. The van der Waals surface area contributed by atoms with Crippen molar-refractivity contribution < 1.29 is 14.3 Å². The molecule has 4 rings (SSSR count). The summed E-state index contributed by atoms with van der Waals surface area (Å²) in [5, 5.41) is 8.96. The molecule has 1 N–H and O–H groups in total. The highest BCUT2D eigenvalue weighted by Gasteiger charge is 2.52. The van der Waals surface area contributed by atoms with Crippen LogP contribution in [0.2, 0.25) is 0 Å². The van der Waals surface area contributed by atoms with Gasteiger partial charge in [-0.05, 0) is 77.5 Å². The molecule has 3 heteroatoms. The highest BCUT2D eigenvalue weighted by Crippen LogP contribution is 2.60. The predicted octanol–water partition coefficient (Wildman–Crippen LogP) is 5.87. The molecule has 0 saturated heterocycles. The summed E-state index contributed by atoms with van der Waals surface area (Å²) in [6.45, 7) is 6.71. The molecular weight excluding hydrogens is 327 g/mol. The van der Waals surface area contributed by atoms with E-state index >= 15 is 0 Å². The Balaban J connectivity index is 1.73. The molecule has 2 unspecified atom stereocenters. The van der Waals surface area contributed by atoms with Crippen LogP contribution in [0, 0.1) is 6.92 Å². The SMILES string of the molecule is Cc1cc2c(cc1/C=C(/F)c1ccc(C(=O)O)cc1)C1(C)CCC2(C)C1. The molecule has 0 spiro atoms. The van der Waals surface area contributed by atoms with Gasteiger partial charge < -0.3 is 5.11 Å². The number of hydrogen-bond donors (Lipinski definition) is 1. The van der Waals surface area contributed by atoms with E-state index in [9.17, 15) is 9.18 Å². The number of carbonyl (C=O) groups is 1. The summed E-state index contributed by atoms with van der Waals surface area (Å²) >= 11 is 0. The predicted molar refractivity (Wildman–Crippen MR) is 102 cm³/mol. The fourth-order valence-electron chi connectivity index (χ4n) is 4.92. The zero-order valence-corrected chi connectivity index (χ0v) is 15.4. The lowest BCUT2D eigenvalue weighted by Gasteiger charge is -2.28. The van der Waals surface area contributed by atoms with Gasteiger partial charge in [0.05, 0.1) is 5.56 Å². The Morgan fingerprint density at radius 3 is 2.15 bits per heavy atom. The minimum absolute atomic E-state index is 0.160.